The Kier molecular flexibility index (Phi) is 5.88. The first-order valence-corrected chi connectivity index (χ1v) is 10.3. The fraction of sp³-hybridized carbons (Fsp3) is 0.650. The van der Waals surface area contributed by atoms with Crippen molar-refractivity contribution < 1.29 is 9.53 Å². The Morgan fingerprint density at radius 3 is 2.67 bits per heavy atom. The van der Waals surface area contributed by atoms with Crippen molar-refractivity contribution in [2.45, 2.75) is 64.4 Å². The van der Waals surface area contributed by atoms with Crippen LogP contribution in [0.3, 0.4) is 0 Å². The molecule has 1 aromatic rings. The number of carbonyl (C=O) groups excluding carboxylic acids is 1. The van der Waals surface area contributed by atoms with E-state index < -0.39 is 0 Å². The van der Waals surface area contributed by atoms with E-state index in [2.05, 4.69) is 37.8 Å². The van der Waals surface area contributed by atoms with E-state index in [1.807, 2.05) is 0 Å². The average Bonchev–Trinajstić information content (AvgIpc) is 2.56. The zero-order valence-electron chi connectivity index (χ0n) is 15.1. The number of aryl methyl sites for hydroxylation is 3. The molecule has 1 aliphatic carbocycles. The van der Waals surface area contributed by atoms with Crippen LogP contribution in [0, 0.1) is 20.8 Å². The Balaban J connectivity index is 1.56. The van der Waals surface area contributed by atoms with E-state index in [0.29, 0.717) is 24.3 Å². The molecule has 3 nitrogen and oxygen atoms in total. The SMILES string of the molecule is Cc1cc(C)c(CSCC(=O)N2CCO[C@@H]3CCCC[C@H]32)c(C)c1. The number of amides is 1. The molecule has 0 unspecified atom stereocenters. The molecular weight excluding hydrogens is 318 g/mol. The van der Waals surface area contributed by atoms with Crippen LogP contribution in [-0.4, -0.2) is 41.9 Å². The molecule has 0 N–H and O–H groups in total. The molecule has 1 aliphatic heterocycles. The summed E-state index contributed by atoms with van der Waals surface area (Å²) in [7, 11) is 0. The molecule has 1 amide bonds. The third-order valence-corrected chi connectivity index (χ3v) is 6.31. The number of ether oxygens (including phenoxy) is 1. The van der Waals surface area contributed by atoms with E-state index >= 15 is 0 Å². The minimum atomic E-state index is 0.281. The number of hydrogen-bond donors (Lipinski definition) is 0. The third kappa shape index (κ3) is 3.97. The Bertz CT molecular complexity index is 576. The second kappa shape index (κ2) is 7.92. The number of fused-ring (bicyclic) bond motifs is 1. The van der Waals surface area contributed by atoms with Gasteiger partial charge >= 0.3 is 0 Å². The van der Waals surface area contributed by atoms with Gasteiger partial charge in [0.05, 0.1) is 24.5 Å². The van der Waals surface area contributed by atoms with Gasteiger partial charge in [0.1, 0.15) is 0 Å². The van der Waals surface area contributed by atoms with Gasteiger partial charge in [-0.15, -0.1) is 11.8 Å². The molecule has 2 aliphatic rings. The normalized spacial score (nSPS) is 23.9. The van der Waals surface area contributed by atoms with E-state index in [9.17, 15) is 4.79 Å². The Morgan fingerprint density at radius 1 is 1.21 bits per heavy atom. The fourth-order valence-corrected chi connectivity index (χ4v) is 5.27. The van der Waals surface area contributed by atoms with Gasteiger partial charge in [0, 0.05) is 12.3 Å². The summed E-state index contributed by atoms with van der Waals surface area (Å²) in [6.07, 6.45) is 4.97. The quantitative estimate of drug-likeness (QED) is 0.824. The lowest BCUT2D eigenvalue weighted by molar-refractivity contribution is -0.146. The molecule has 0 spiro atoms. The lowest BCUT2D eigenvalue weighted by atomic mass is 9.90. The van der Waals surface area contributed by atoms with Crippen LogP contribution in [0.2, 0.25) is 0 Å². The summed E-state index contributed by atoms with van der Waals surface area (Å²) in [5, 5.41) is 0. The number of nitrogens with zero attached hydrogens (tertiary/aromatic N) is 1. The van der Waals surface area contributed by atoms with Crippen LogP contribution in [0.25, 0.3) is 0 Å². The molecule has 3 rings (SSSR count). The maximum atomic E-state index is 12.7. The maximum absolute atomic E-state index is 12.7. The molecule has 1 saturated heterocycles. The minimum absolute atomic E-state index is 0.281. The van der Waals surface area contributed by atoms with Crippen molar-refractivity contribution in [3.8, 4) is 0 Å². The van der Waals surface area contributed by atoms with Gasteiger partial charge in [-0.2, -0.15) is 0 Å². The van der Waals surface area contributed by atoms with Crippen molar-refractivity contribution in [3.05, 3.63) is 34.4 Å². The molecule has 132 valence electrons. The first-order chi connectivity index (χ1) is 11.6. The van der Waals surface area contributed by atoms with Crippen molar-refractivity contribution in [1.29, 1.82) is 0 Å². The smallest absolute Gasteiger partial charge is 0.232 e. The molecule has 4 heteroatoms. The molecule has 0 radical (unpaired) electrons. The van der Waals surface area contributed by atoms with Crippen LogP contribution in [0.4, 0.5) is 0 Å². The number of carbonyl (C=O) groups is 1. The van der Waals surface area contributed by atoms with E-state index in [0.717, 1.165) is 25.1 Å². The van der Waals surface area contributed by atoms with Crippen LogP contribution in [-0.2, 0) is 15.3 Å². The van der Waals surface area contributed by atoms with Crippen LogP contribution in [0.15, 0.2) is 12.1 Å². The first kappa shape index (κ1) is 17.8. The highest BCUT2D eigenvalue weighted by Gasteiger charge is 2.36. The average molecular weight is 348 g/mol. The van der Waals surface area contributed by atoms with Gasteiger partial charge in [-0.1, -0.05) is 30.5 Å². The zero-order valence-corrected chi connectivity index (χ0v) is 16.0. The molecule has 0 bridgehead atoms. The minimum Gasteiger partial charge on any atom is -0.374 e. The van der Waals surface area contributed by atoms with E-state index in [1.54, 1.807) is 11.8 Å². The maximum Gasteiger partial charge on any atom is 0.232 e. The number of benzene rings is 1. The molecule has 2 fully saturated rings. The highest BCUT2D eigenvalue weighted by atomic mass is 32.2. The largest absolute Gasteiger partial charge is 0.374 e. The Morgan fingerprint density at radius 2 is 1.92 bits per heavy atom. The fourth-order valence-electron chi connectivity index (χ4n) is 4.17. The van der Waals surface area contributed by atoms with Gasteiger partial charge in [0.25, 0.3) is 0 Å². The lowest BCUT2D eigenvalue weighted by Gasteiger charge is -2.43. The first-order valence-electron chi connectivity index (χ1n) is 9.12. The van der Waals surface area contributed by atoms with Crippen molar-refractivity contribution in [2.24, 2.45) is 0 Å². The second-order valence-corrected chi connectivity index (χ2v) is 8.20. The van der Waals surface area contributed by atoms with Gasteiger partial charge in [-0.3, -0.25) is 4.79 Å². The van der Waals surface area contributed by atoms with Crippen LogP contribution >= 0.6 is 11.8 Å². The number of hydrogen-bond acceptors (Lipinski definition) is 3. The Hall–Kier alpha value is -1.00. The van der Waals surface area contributed by atoms with E-state index in [1.165, 1.54) is 35.1 Å². The molecule has 0 aromatic heterocycles. The molecule has 24 heavy (non-hydrogen) atoms. The van der Waals surface area contributed by atoms with Crippen LogP contribution in [0.1, 0.15) is 47.9 Å². The van der Waals surface area contributed by atoms with Crippen molar-refractivity contribution in [3.63, 3.8) is 0 Å². The van der Waals surface area contributed by atoms with Crippen LogP contribution in [0.5, 0.6) is 0 Å². The summed E-state index contributed by atoms with van der Waals surface area (Å²) in [6.45, 7) is 7.95. The highest BCUT2D eigenvalue weighted by Crippen LogP contribution is 2.29. The van der Waals surface area contributed by atoms with Crippen molar-refractivity contribution >= 4 is 17.7 Å². The summed E-state index contributed by atoms with van der Waals surface area (Å²) in [4.78, 5) is 14.8. The predicted octanol–water partition coefficient (Wildman–Crippen LogP) is 4.02. The van der Waals surface area contributed by atoms with Gasteiger partial charge in [0.15, 0.2) is 0 Å². The molecule has 1 aromatic carbocycles. The van der Waals surface area contributed by atoms with Crippen LogP contribution < -0.4 is 0 Å². The van der Waals surface area contributed by atoms with E-state index in [-0.39, 0.29) is 6.10 Å². The third-order valence-electron chi connectivity index (χ3n) is 5.36. The van der Waals surface area contributed by atoms with E-state index in [4.69, 9.17) is 4.74 Å². The summed E-state index contributed by atoms with van der Waals surface area (Å²) in [5.41, 5.74) is 5.37. The highest BCUT2D eigenvalue weighted by molar-refractivity contribution is 7.99. The molecule has 1 heterocycles. The molecule has 1 saturated carbocycles. The monoisotopic (exact) mass is 347 g/mol. The van der Waals surface area contributed by atoms with Gasteiger partial charge in [-0.25, -0.2) is 0 Å². The van der Waals surface area contributed by atoms with Gasteiger partial charge < -0.3 is 9.64 Å². The standard InChI is InChI=1S/C20H29NO2S/c1-14-10-15(2)17(16(3)11-14)12-24-13-20(22)21-8-9-23-19-7-5-4-6-18(19)21/h10-11,18-19H,4-9,12-13H2,1-3H3/t18-,19-/m1/s1. The lowest BCUT2D eigenvalue weighted by Crippen LogP contribution is -2.55. The van der Waals surface area contributed by atoms with Gasteiger partial charge in [0.2, 0.25) is 5.91 Å². The van der Waals surface area contributed by atoms with Gasteiger partial charge in [-0.05, 0) is 50.3 Å². The molecule has 2 atom stereocenters. The number of morpholine rings is 1. The predicted molar refractivity (Wildman–Crippen MR) is 101 cm³/mol. The molecular formula is C20H29NO2S. The Labute approximate surface area is 150 Å². The van der Waals surface area contributed by atoms with Crippen molar-refractivity contribution in [2.75, 3.05) is 18.9 Å². The summed E-state index contributed by atoms with van der Waals surface area (Å²) >= 11 is 1.75. The number of rotatable bonds is 4. The zero-order chi connectivity index (χ0) is 17.1. The summed E-state index contributed by atoms with van der Waals surface area (Å²) < 4.78 is 5.88. The summed E-state index contributed by atoms with van der Waals surface area (Å²) in [6, 6.07) is 4.79. The topological polar surface area (TPSA) is 29.5 Å². The van der Waals surface area contributed by atoms with Crippen molar-refractivity contribution in [1.82, 2.24) is 4.90 Å². The summed E-state index contributed by atoms with van der Waals surface area (Å²) in [5.74, 6) is 1.79. The number of thioether (sulfide) groups is 1. The second-order valence-electron chi connectivity index (χ2n) is 7.22.